The fraction of sp³-hybridized carbons (Fsp3) is 0.600. The van der Waals surface area contributed by atoms with Gasteiger partial charge in [0.2, 0.25) is 5.91 Å². The van der Waals surface area contributed by atoms with Crippen LogP contribution in [0.15, 0.2) is 18.2 Å². The summed E-state index contributed by atoms with van der Waals surface area (Å²) < 4.78 is 15.8. The van der Waals surface area contributed by atoms with Gasteiger partial charge in [-0.15, -0.1) is 12.4 Å². The van der Waals surface area contributed by atoms with Crippen LogP contribution in [-0.4, -0.2) is 59.3 Å². The number of benzene rings is 1. The molecule has 0 spiro atoms. The lowest BCUT2D eigenvalue weighted by atomic mass is 9.79. The van der Waals surface area contributed by atoms with E-state index >= 15 is 0 Å². The predicted octanol–water partition coefficient (Wildman–Crippen LogP) is 2.22. The number of carbonyl (C=O) groups excluding carboxylic acids is 2. The first-order valence-corrected chi connectivity index (χ1v) is 9.25. The highest BCUT2D eigenvalue weighted by Crippen LogP contribution is 2.29. The maximum atomic E-state index is 12.4. The van der Waals surface area contributed by atoms with Crippen molar-refractivity contribution in [3.8, 4) is 11.5 Å². The third kappa shape index (κ3) is 6.65. The first-order valence-electron chi connectivity index (χ1n) is 9.25. The zero-order valence-electron chi connectivity index (χ0n) is 16.8. The van der Waals surface area contributed by atoms with Crippen LogP contribution < -0.4 is 20.1 Å². The van der Waals surface area contributed by atoms with Crippen molar-refractivity contribution < 1.29 is 23.8 Å². The van der Waals surface area contributed by atoms with Gasteiger partial charge < -0.3 is 24.8 Å². The number of ketones is 1. The van der Waals surface area contributed by atoms with Crippen molar-refractivity contribution in [1.82, 2.24) is 10.6 Å². The molecule has 1 aliphatic heterocycles. The monoisotopic (exact) mass is 414 g/mol. The fourth-order valence-corrected chi connectivity index (χ4v) is 3.39. The summed E-state index contributed by atoms with van der Waals surface area (Å²) >= 11 is 0. The normalized spacial score (nSPS) is 15.2. The van der Waals surface area contributed by atoms with Crippen molar-refractivity contribution in [2.75, 3.05) is 47.6 Å². The zero-order valence-corrected chi connectivity index (χ0v) is 17.7. The molecule has 158 valence electrons. The van der Waals surface area contributed by atoms with E-state index < -0.39 is 0 Å². The summed E-state index contributed by atoms with van der Waals surface area (Å²) in [5, 5.41) is 6.31. The van der Waals surface area contributed by atoms with E-state index in [2.05, 4.69) is 10.6 Å². The summed E-state index contributed by atoms with van der Waals surface area (Å²) in [6, 6.07) is 5.02. The van der Waals surface area contributed by atoms with Gasteiger partial charge in [0.25, 0.3) is 0 Å². The van der Waals surface area contributed by atoms with Crippen LogP contribution in [0.25, 0.3) is 0 Å². The highest BCUT2D eigenvalue weighted by atomic mass is 35.5. The van der Waals surface area contributed by atoms with Gasteiger partial charge in [-0.25, -0.2) is 0 Å². The lowest BCUT2D eigenvalue weighted by Gasteiger charge is -2.37. The molecule has 1 aliphatic rings. The number of carbonyl (C=O) groups is 2. The Morgan fingerprint density at radius 3 is 2.36 bits per heavy atom. The lowest BCUT2D eigenvalue weighted by Crippen LogP contribution is -2.47. The Labute approximate surface area is 172 Å². The minimum absolute atomic E-state index is 0. The summed E-state index contributed by atoms with van der Waals surface area (Å²) in [5.74, 6) is 0.856. The lowest BCUT2D eigenvalue weighted by molar-refractivity contribution is -0.122. The number of methoxy groups -OCH3 is 3. The highest BCUT2D eigenvalue weighted by Gasteiger charge is 2.32. The van der Waals surface area contributed by atoms with E-state index in [1.54, 1.807) is 32.4 Å². The number of piperidine rings is 1. The molecule has 0 atom stereocenters. The fourth-order valence-electron chi connectivity index (χ4n) is 3.39. The van der Waals surface area contributed by atoms with E-state index in [0.29, 0.717) is 30.2 Å². The molecule has 0 bridgehead atoms. The second-order valence-electron chi connectivity index (χ2n) is 6.95. The van der Waals surface area contributed by atoms with Crippen LogP contribution in [0.4, 0.5) is 0 Å². The summed E-state index contributed by atoms with van der Waals surface area (Å²) in [6.07, 6.45) is 2.24. The summed E-state index contributed by atoms with van der Waals surface area (Å²) in [6.45, 7) is 3.06. The van der Waals surface area contributed by atoms with Gasteiger partial charge in [0.05, 0.1) is 20.8 Å². The molecule has 1 aromatic carbocycles. The van der Waals surface area contributed by atoms with Crippen molar-refractivity contribution in [3.63, 3.8) is 0 Å². The molecule has 1 aromatic rings. The molecule has 1 saturated heterocycles. The molecule has 0 radical (unpaired) electrons. The molecule has 0 saturated carbocycles. The third-order valence-electron chi connectivity index (χ3n) is 5.06. The molecule has 0 unspecified atom stereocenters. The van der Waals surface area contributed by atoms with E-state index in [1.165, 1.54) is 7.11 Å². The van der Waals surface area contributed by atoms with Gasteiger partial charge in [-0.05, 0) is 44.1 Å². The molecule has 8 heteroatoms. The molecular formula is C20H31ClN2O5. The molecule has 7 nitrogen and oxygen atoms in total. The van der Waals surface area contributed by atoms with Crippen molar-refractivity contribution in [2.24, 2.45) is 5.41 Å². The molecule has 0 aliphatic carbocycles. The Kier molecular flexibility index (Phi) is 10.3. The highest BCUT2D eigenvalue weighted by molar-refractivity contribution is 5.98. The largest absolute Gasteiger partial charge is 0.493 e. The van der Waals surface area contributed by atoms with E-state index in [1.807, 2.05) is 0 Å². The predicted molar refractivity (Wildman–Crippen MR) is 110 cm³/mol. The zero-order chi connectivity index (χ0) is 19.7. The molecular weight excluding hydrogens is 384 g/mol. The van der Waals surface area contributed by atoms with E-state index in [0.717, 1.165) is 25.9 Å². The maximum Gasteiger partial charge on any atom is 0.220 e. The van der Waals surface area contributed by atoms with Crippen LogP contribution in [0.1, 0.15) is 36.0 Å². The van der Waals surface area contributed by atoms with Gasteiger partial charge in [0, 0.05) is 37.5 Å². The van der Waals surface area contributed by atoms with Crippen LogP contribution in [0.5, 0.6) is 11.5 Å². The van der Waals surface area contributed by atoms with Crippen molar-refractivity contribution in [1.29, 1.82) is 0 Å². The number of halogens is 1. The summed E-state index contributed by atoms with van der Waals surface area (Å²) in [4.78, 5) is 24.6. The van der Waals surface area contributed by atoms with Crippen molar-refractivity contribution >= 4 is 24.1 Å². The Bertz CT molecular complexity index is 642. The number of amides is 1. The van der Waals surface area contributed by atoms with Gasteiger partial charge in [-0.1, -0.05) is 0 Å². The molecule has 2 rings (SSSR count). The molecule has 2 N–H and O–H groups in total. The van der Waals surface area contributed by atoms with Crippen molar-refractivity contribution in [2.45, 2.75) is 25.7 Å². The number of hydrogen-bond acceptors (Lipinski definition) is 6. The molecule has 1 heterocycles. The topological polar surface area (TPSA) is 85.9 Å². The summed E-state index contributed by atoms with van der Waals surface area (Å²) in [5.41, 5.74) is 0.484. The number of Topliss-reactive ketones (excluding diaryl/α,β-unsaturated/α-hetero) is 1. The third-order valence-corrected chi connectivity index (χ3v) is 5.06. The number of nitrogens with one attached hydrogen (secondary N) is 2. The Morgan fingerprint density at radius 2 is 1.75 bits per heavy atom. The van der Waals surface area contributed by atoms with Crippen LogP contribution in [-0.2, 0) is 9.53 Å². The first-order chi connectivity index (χ1) is 13.0. The molecule has 1 amide bonds. The first kappa shape index (κ1) is 24.2. The van der Waals surface area contributed by atoms with Crippen LogP contribution in [0.2, 0.25) is 0 Å². The van der Waals surface area contributed by atoms with Gasteiger partial charge in [0.1, 0.15) is 0 Å². The quantitative estimate of drug-likeness (QED) is 0.571. The molecule has 28 heavy (non-hydrogen) atoms. The van der Waals surface area contributed by atoms with E-state index in [9.17, 15) is 9.59 Å². The minimum atomic E-state index is -0.113. The van der Waals surface area contributed by atoms with Gasteiger partial charge in [0.15, 0.2) is 17.3 Å². The van der Waals surface area contributed by atoms with Crippen LogP contribution in [0, 0.1) is 5.41 Å². The number of hydrogen-bond donors (Lipinski definition) is 2. The smallest absolute Gasteiger partial charge is 0.220 e. The minimum Gasteiger partial charge on any atom is -0.493 e. The molecule has 1 fully saturated rings. The van der Waals surface area contributed by atoms with Crippen molar-refractivity contribution in [3.05, 3.63) is 23.8 Å². The number of rotatable bonds is 10. The average Bonchev–Trinajstić information content (AvgIpc) is 2.70. The van der Waals surface area contributed by atoms with Crippen LogP contribution >= 0.6 is 12.4 Å². The van der Waals surface area contributed by atoms with E-state index in [-0.39, 0.29) is 42.4 Å². The Morgan fingerprint density at radius 1 is 1.07 bits per heavy atom. The standard InChI is InChI=1S/C20H30N2O5.ClH/c1-25-14-20(8-10-21-11-9-20)13-22-19(24)7-5-16(23)15-4-6-17(26-2)18(12-15)27-3;/h4,6,12,21H,5,7-11,13-14H2,1-3H3,(H,22,24);1H. The second-order valence-corrected chi connectivity index (χ2v) is 6.95. The molecule has 0 aromatic heterocycles. The van der Waals surface area contributed by atoms with E-state index in [4.69, 9.17) is 14.2 Å². The average molecular weight is 415 g/mol. The second kappa shape index (κ2) is 11.9. The van der Waals surface area contributed by atoms with Gasteiger partial charge >= 0.3 is 0 Å². The number of ether oxygens (including phenoxy) is 3. The maximum absolute atomic E-state index is 12.4. The van der Waals surface area contributed by atoms with Gasteiger partial charge in [-0.3, -0.25) is 9.59 Å². The summed E-state index contributed by atoms with van der Waals surface area (Å²) in [7, 11) is 4.76. The Balaban J connectivity index is 0.00000392. The Hall–Kier alpha value is -1.83. The van der Waals surface area contributed by atoms with Gasteiger partial charge in [-0.2, -0.15) is 0 Å². The SMILES string of the molecule is COCC1(CNC(=O)CCC(=O)c2ccc(OC)c(OC)c2)CCNCC1.Cl. The van der Waals surface area contributed by atoms with Crippen LogP contribution in [0.3, 0.4) is 0 Å².